The number of benzene rings is 1. The zero-order valence-electron chi connectivity index (χ0n) is 14.8. The topological polar surface area (TPSA) is 140 Å². The Balaban J connectivity index is 2.01. The molecule has 0 bridgehead atoms. The Bertz CT molecular complexity index is 883. The molecule has 0 saturated carbocycles. The van der Waals surface area contributed by atoms with Gasteiger partial charge in [0, 0.05) is 23.0 Å². The predicted molar refractivity (Wildman–Crippen MR) is 99.3 cm³/mol. The molecule has 0 radical (unpaired) electrons. The fourth-order valence-electron chi connectivity index (χ4n) is 2.07. The van der Waals surface area contributed by atoms with Crippen molar-refractivity contribution in [3.05, 3.63) is 45.3 Å². The fraction of sp³-hybridized carbons (Fsp3) is 0.250. The van der Waals surface area contributed by atoms with E-state index in [1.54, 1.807) is 0 Å². The second-order valence-electron chi connectivity index (χ2n) is 5.36. The van der Waals surface area contributed by atoms with Crippen molar-refractivity contribution in [2.75, 3.05) is 12.9 Å². The van der Waals surface area contributed by atoms with Crippen LogP contribution >= 0.6 is 11.8 Å². The minimum absolute atomic E-state index is 0.0322. The molecular formula is C16H17N5O5S. The molecule has 1 aromatic carbocycles. The van der Waals surface area contributed by atoms with Gasteiger partial charge in [0.25, 0.3) is 11.6 Å². The molecule has 1 amide bonds. The number of hydrazone groups is 1. The van der Waals surface area contributed by atoms with Crippen LogP contribution in [0.15, 0.2) is 28.5 Å². The molecule has 0 aliphatic rings. The summed E-state index contributed by atoms with van der Waals surface area (Å²) in [6.07, 6.45) is 1.10. The normalized spacial score (nSPS) is 10.8. The molecule has 0 spiro atoms. The van der Waals surface area contributed by atoms with Crippen LogP contribution in [-0.4, -0.2) is 45.0 Å². The summed E-state index contributed by atoms with van der Waals surface area (Å²) in [7, 11) is 1.27. The molecule has 1 heterocycles. The Morgan fingerprint density at radius 3 is 2.63 bits per heavy atom. The van der Waals surface area contributed by atoms with Gasteiger partial charge in [-0.05, 0) is 19.9 Å². The van der Waals surface area contributed by atoms with E-state index in [-0.39, 0.29) is 28.5 Å². The number of phenols is 1. The molecule has 0 aliphatic heterocycles. The van der Waals surface area contributed by atoms with E-state index >= 15 is 0 Å². The molecule has 2 aromatic rings. The number of thioether (sulfide) groups is 1. The number of aromatic hydroxyl groups is 1. The van der Waals surface area contributed by atoms with Gasteiger partial charge in [-0.25, -0.2) is 15.4 Å². The number of hydrogen-bond donors (Lipinski definition) is 2. The van der Waals surface area contributed by atoms with Gasteiger partial charge in [-0.3, -0.25) is 14.9 Å². The number of aromatic nitrogens is 2. The average molecular weight is 391 g/mol. The summed E-state index contributed by atoms with van der Waals surface area (Å²) in [5, 5.41) is 25.1. The maximum Gasteiger partial charge on any atom is 0.274 e. The van der Waals surface area contributed by atoms with Gasteiger partial charge in [0.15, 0.2) is 16.7 Å². The van der Waals surface area contributed by atoms with Gasteiger partial charge in [0.1, 0.15) is 0 Å². The second kappa shape index (κ2) is 8.94. The number of amides is 1. The number of aryl methyl sites for hydroxylation is 2. The van der Waals surface area contributed by atoms with Gasteiger partial charge >= 0.3 is 0 Å². The van der Waals surface area contributed by atoms with E-state index in [0.717, 1.165) is 41.5 Å². The van der Waals surface area contributed by atoms with Crippen LogP contribution in [0.3, 0.4) is 0 Å². The average Bonchev–Trinajstić information content (AvgIpc) is 2.60. The van der Waals surface area contributed by atoms with Crippen molar-refractivity contribution in [1.29, 1.82) is 0 Å². The van der Waals surface area contributed by atoms with Gasteiger partial charge < -0.3 is 9.84 Å². The van der Waals surface area contributed by atoms with Crippen LogP contribution in [-0.2, 0) is 4.79 Å². The van der Waals surface area contributed by atoms with Gasteiger partial charge in [-0.15, -0.1) is 0 Å². The standard InChI is InChI=1S/C16H17N5O5S/c1-9-4-10(2)19-16(18-9)27-8-14(22)20-17-7-11-5-12(21(24)25)6-13(26-3)15(11)23/h4-7,23H,8H2,1-3H3,(H,20,22)/b17-7-. The maximum absolute atomic E-state index is 11.9. The number of carbonyl (C=O) groups is 1. The highest BCUT2D eigenvalue weighted by atomic mass is 32.2. The molecule has 1 aromatic heterocycles. The Hall–Kier alpha value is -3.21. The van der Waals surface area contributed by atoms with Crippen LogP contribution in [0.2, 0.25) is 0 Å². The first-order chi connectivity index (χ1) is 12.8. The Labute approximate surface area is 158 Å². The summed E-state index contributed by atoms with van der Waals surface area (Å²) < 4.78 is 4.89. The highest BCUT2D eigenvalue weighted by Crippen LogP contribution is 2.33. The summed E-state index contributed by atoms with van der Waals surface area (Å²) in [5.74, 6) is -0.778. The number of nitrogens with one attached hydrogen (secondary N) is 1. The fourth-order valence-corrected chi connectivity index (χ4v) is 2.81. The molecule has 27 heavy (non-hydrogen) atoms. The number of nitrogens with zero attached hydrogens (tertiary/aromatic N) is 4. The maximum atomic E-state index is 11.9. The number of nitro groups is 1. The van der Waals surface area contributed by atoms with Crippen molar-refractivity contribution in [2.45, 2.75) is 19.0 Å². The zero-order chi connectivity index (χ0) is 20.0. The van der Waals surface area contributed by atoms with Crippen LogP contribution in [0.1, 0.15) is 17.0 Å². The second-order valence-corrected chi connectivity index (χ2v) is 6.30. The largest absolute Gasteiger partial charge is 0.504 e. The molecule has 0 unspecified atom stereocenters. The van der Waals surface area contributed by atoms with Gasteiger partial charge in [0.2, 0.25) is 0 Å². The van der Waals surface area contributed by atoms with Crippen LogP contribution in [0.4, 0.5) is 5.69 Å². The summed E-state index contributed by atoms with van der Waals surface area (Å²) in [6.45, 7) is 3.67. The summed E-state index contributed by atoms with van der Waals surface area (Å²) in [5.41, 5.74) is 3.64. The molecule has 2 N–H and O–H groups in total. The Morgan fingerprint density at radius 1 is 1.37 bits per heavy atom. The molecule has 0 atom stereocenters. The first kappa shape index (κ1) is 20.1. The van der Waals surface area contributed by atoms with Crippen molar-refractivity contribution in [3.8, 4) is 11.5 Å². The number of ether oxygens (including phenoxy) is 1. The highest BCUT2D eigenvalue weighted by Gasteiger charge is 2.15. The molecule has 0 fully saturated rings. The zero-order valence-corrected chi connectivity index (χ0v) is 15.6. The highest BCUT2D eigenvalue weighted by molar-refractivity contribution is 7.99. The summed E-state index contributed by atoms with van der Waals surface area (Å²) in [6, 6.07) is 4.03. The third kappa shape index (κ3) is 5.64. The van der Waals surface area contributed by atoms with Crippen molar-refractivity contribution >= 4 is 29.6 Å². The van der Waals surface area contributed by atoms with E-state index in [4.69, 9.17) is 4.74 Å². The summed E-state index contributed by atoms with van der Waals surface area (Å²) >= 11 is 1.15. The van der Waals surface area contributed by atoms with Crippen LogP contribution in [0, 0.1) is 24.0 Å². The van der Waals surface area contributed by atoms with E-state index in [2.05, 4.69) is 20.5 Å². The van der Waals surface area contributed by atoms with E-state index in [9.17, 15) is 20.0 Å². The monoisotopic (exact) mass is 391 g/mol. The lowest BCUT2D eigenvalue weighted by Gasteiger charge is -2.06. The van der Waals surface area contributed by atoms with Crippen LogP contribution in [0.25, 0.3) is 0 Å². The Kier molecular flexibility index (Phi) is 6.66. The van der Waals surface area contributed by atoms with E-state index in [0.29, 0.717) is 5.16 Å². The van der Waals surface area contributed by atoms with Gasteiger partial charge in [-0.1, -0.05) is 11.8 Å². The van der Waals surface area contributed by atoms with E-state index in [1.165, 1.54) is 7.11 Å². The molecule has 0 aliphatic carbocycles. The number of methoxy groups -OCH3 is 1. The lowest BCUT2D eigenvalue weighted by Crippen LogP contribution is -2.19. The SMILES string of the molecule is COc1cc([N+](=O)[O-])cc(/C=N\NC(=O)CSc2nc(C)cc(C)n2)c1O. The van der Waals surface area contributed by atoms with Crippen molar-refractivity contribution in [1.82, 2.24) is 15.4 Å². The molecular weight excluding hydrogens is 374 g/mol. The van der Waals surface area contributed by atoms with Gasteiger partial charge in [0.05, 0.1) is 30.1 Å². The quantitative estimate of drug-likeness (QED) is 0.240. The number of non-ortho nitro benzene ring substituents is 1. The molecule has 2 rings (SSSR count). The van der Waals surface area contributed by atoms with Crippen molar-refractivity contribution in [3.63, 3.8) is 0 Å². The van der Waals surface area contributed by atoms with E-state index < -0.39 is 10.8 Å². The number of rotatable bonds is 7. The van der Waals surface area contributed by atoms with Crippen molar-refractivity contribution < 1.29 is 19.6 Å². The Morgan fingerprint density at radius 2 is 2.04 bits per heavy atom. The van der Waals surface area contributed by atoms with Crippen LogP contribution < -0.4 is 10.2 Å². The molecule has 10 nitrogen and oxygen atoms in total. The number of nitro benzene ring substituents is 1. The smallest absolute Gasteiger partial charge is 0.274 e. The first-order valence-corrected chi connectivity index (χ1v) is 8.61. The molecule has 0 saturated heterocycles. The molecule has 11 heteroatoms. The first-order valence-electron chi connectivity index (χ1n) is 7.62. The van der Waals surface area contributed by atoms with E-state index in [1.807, 2.05) is 19.9 Å². The predicted octanol–water partition coefficient (Wildman–Crippen LogP) is 1.96. The lowest BCUT2D eigenvalue weighted by molar-refractivity contribution is -0.385. The minimum Gasteiger partial charge on any atom is -0.504 e. The van der Waals surface area contributed by atoms with Crippen LogP contribution in [0.5, 0.6) is 11.5 Å². The van der Waals surface area contributed by atoms with Gasteiger partial charge in [-0.2, -0.15) is 5.10 Å². The number of hydrogen-bond acceptors (Lipinski definition) is 9. The third-order valence-corrected chi connectivity index (χ3v) is 4.05. The minimum atomic E-state index is -0.627. The molecule has 142 valence electrons. The summed E-state index contributed by atoms with van der Waals surface area (Å²) in [4.78, 5) is 30.6. The third-order valence-electron chi connectivity index (χ3n) is 3.21. The number of carbonyl (C=O) groups excluding carboxylic acids is 1. The number of phenolic OH excluding ortho intramolecular Hbond substituents is 1. The van der Waals surface area contributed by atoms with Crippen molar-refractivity contribution in [2.24, 2.45) is 5.10 Å². The lowest BCUT2D eigenvalue weighted by atomic mass is 10.2.